The number of carbonyl (C=O) groups is 1. The molecule has 29 heavy (non-hydrogen) atoms. The molecule has 0 unspecified atom stereocenters. The first-order valence-electron chi connectivity index (χ1n) is 10.2. The maximum Gasteiger partial charge on any atom is 0.191 e. The highest BCUT2D eigenvalue weighted by Gasteiger charge is 2.23. The van der Waals surface area contributed by atoms with Crippen molar-refractivity contribution in [2.45, 2.75) is 71.0 Å². The highest BCUT2D eigenvalue weighted by atomic mass is 32.2. The molecule has 3 aromatic rings. The van der Waals surface area contributed by atoms with Crippen LogP contribution in [-0.4, -0.2) is 36.0 Å². The van der Waals surface area contributed by atoms with E-state index in [1.807, 2.05) is 44.4 Å². The maximum absolute atomic E-state index is 13.0. The van der Waals surface area contributed by atoms with Crippen LogP contribution in [0.1, 0.15) is 71.5 Å². The molecule has 0 saturated heterocycles. The zero-order valence-corrected chi connectivity index (χ0v) is 18.3. The first kappa shape index (κ1) is 19.9. The molecule has 1 aliphatic rings. The normalized spacial score (nSPS) is 15.2. The molecule has 3 heterocycles. The van der Waals surface area contributed by atoms with Crippen LogP contribution in [-0.2, 0) is 0 Å². The van der Waals surface area contributed by atoms with Crippen LogP contribution in [0.3, 0.4) is 0 Å². The summed E-state index contributed by atoms with van der Waals surface area (Å²) in [6.07, 6.45) is 6.13. The van der Waals surface area contributed by atoms with E-state index < -0.39 is 0 Å². The van der Waals surface area contributed by atoms with Crippen LogP contribution >= 0.6 is 11.8 Å². The van der Waals surface area contributed by atoms with Crippen molar-refractivity contribution in [1.29, 1.82) is 0 Å². The van der Waals surface area contributed by atoms with Crippen LogP contribution < -0.4 is 0 Å². The van der Waals surface area contributed by atoms with Crippen molar-refractivity contribution in [2.75, 3.05) is 5.75 Å². The van der Waals surface area contributed by atoms with E-state index in [1.165, 1.54) is 43.9 Å². The molecule has 1 aliphatic carbocycles. The van der Waals surface area contributed by atoms with Crippen LogP contribution in [0, 0.1) is 27.7 Å². The highest BCUT2D eigenvalue weighted by molar-refractivity contribution is 7.99. The molecular formula is C21H27N5O2S. The molecule has 0 aliphatic heterocycles. The Hall–Kier alpha value is -2.35. The van der Waals surface area contributed by atoms with E-state index in [4.69, 9.17) is 4.52 Å². The molecule has 4 rings (SSSR count). The molecule has 7 nitrogen and oxygen atoms in total. The summed E-state index contributed by atoms with van der Waals surface area (Å²) in [6, 6.07) is 4.26. The summed E-state index contributed by atoms with van der Waals surface area (Å²) >= 11 is 1.48. The van der Waals surface area contributed by atoms with Gasteiger partial charge in [-0.15, -0.1) is 10.2 Å². The summed E-state index contributed by atoms with van der Waals surface area (Å²) in [4.78, 5) is 13.0. The fourth-order valence-corrected chi connectivity index (χ4v) is 5.21. The Bertz CT molecular complexity index is 1030. The zero-order chi connectivity index (χ0) is 20.5. The van der Waals surface area contributed by atoms with Gasteiger partial charge >= 0.3 is 0 Å². The number of aryl methyl sites for hydroxylation is 3. The first-order chi connectivity index (χ1) is 14.0. The van der Waals surface area contributed by atoms with E-state index in [0.29, 0.717) is 17.6 Å². The molecular weight excluding hydrogens is 386 g/mol. The van der Waals surface area contributed by atoms with E-state index in [2.05, 4.69) is 19.9 Å². The minimum atomic E-state index is 0.0883. The summed E-state index contributed by atoms with van der Waals surface area (Å²) < 4.78 is 9.40. The van der Waals surface area contributed by atoms with E-state index >= 15 is 0 Å². The van der Waals surface area contributed by atoms with E-state index in [0.717, 1.165) is 33.7 Å². The first-order valence-corrected chi connectivity index (χ1v) is 11.1. The lowest BCUT2D eigenvalue weighted by Crippen LogP contribution is -2.15. The second-order valence-corrected chi connectivity index (χ2v) is 8.76. The number of rotatable bonds is 6. The number of carbonyl (C=O) groups excluding carboxylic acids is 1. The Morgan fingerprint density at radius 1 is 1.14 bits per heavy atom. The molecule has 3 aromatic heterocycles. The van der Waals surface area contributed by atoms with Gasteiger partial charge in [0.1, 0.15) is 11.6 Å². The smallest absolute Gasteiger partial charge is 0.191 e. The fraction of sp³-hybridized carbons (Fsp3) is 0.524. The third kappa shape index (κ3) is 3.90. The summed E-state index contributed by atoms with van der Waals surface area (Å²) in [6.45, 7) is 7.78. The number of nitrogens with zero attached hydrogens (tertiary/aromatic N) is 5. The molecule has 1 fully saturated rings. The van der Waals surface area contributed by atoms with Crippen molar-refractivity contribution in [3.63, 3.8) is 0 Å². The number of aromatic nitrogens is 5. The second kappa shape index (κ2) is 8.18. The van der Waals surface area contributed by atoms with Crippen molar-refractivity contribution >= 4 is 17.5 Å². The van der Waals surface area contributed by atoms with Crippen LogP contribution in [0.5, 0.6) is 0 Å². The Morgan fingerprint density at radius 3 is 2.59 bits per heavy atom. The lowest BCUT2D eigenvalue weighted by molar-refractivity contribution is 0.102. The number of ketones is 1. The van der Waals surface area contributed by atoms with Gasteiger partial charge in [-0.2, -0.15) is 0 Å². The highest BCUT2D eigenvalue weighted by Crippen LogP contribution is 2.33. The van der Waals surface area contributed by atoms with Crippen molar-refractivity contribution in [3.8, 4) is 5.82 Å². The summed E-state index contributed by atoms with van der Waals surface area (Å²) in [5.74, 6) is 2.81. The topological polar surface area (TPSA) is 78.7 Å². The molecule has 0 spiro atoms. The van der Waals surface area contributed by atoms with Crippen molar-refractivity contribution < 1.29 is 9.32 Å². The monoisotopic (exact) mass is 413 g/mol. The largest absolute Gasteiger partial charge is 0.360 e. The van der Waals surface area contributed by atoms with Gasteiger partial charge in [-0.3, -0.25) is 9.36 Å². The molecule has 1 saturated carbocycles. The Morgan fingerprint density at radius 2 is 1.90 bits per heavy atom. The quantitative estimate of drug-likeness (QED) is 0.428. The molecule has 154 valence electrons. The Labute approximate surface area is 174 Å². The predicted octanol–water partition coefficient (Wildman–Crippen LogP) is 4.77. The maximum atomic E-state index is 13.0. The average Bonchev–Trinajstić information content (AvgIpc) is 3.38. The van der Waals surface area contributed by atoms with E-state index in [9.17, 15) is 4.79 Å². The third-order valence-corrected chi connectivity index (χ3v) is 6.63. The number of hydrogen-bond acceptors (Lipinski definition) is 6. The van der Waals surface area contributed by atoms with Crippen molar-refractivity contribution in [1.82, 2.24) is 24.5 Å². The minimum absolute atomic E-state index is 0.0883. The fourth-order valence-electron chi connectivity index (χ4n) is 4.27. The lowest BCUT2D eigenvalue weighted by atomic mass is 9.95. The summed E-state index contributed by atoms with van der Waals surface area (Å²) in [5.41, 5.74) is 2.56. The van der Waals surface area contributed by atoms with Gasteiger partial charge in [0.25, 0.3) is 0 Å². The molecule has 0 N–H and O–H groups in total. The Balaban J connectivity index is 1.51. The predicted molar refractivity (Wildman–Crippen MR) is 112 cm³/mol. The summed E-state index contributed by atoms with van der Waals surface area (Å²) in [7, 11) is 0. The molecule has 0 bridgehead atoms. The van der Waals surface area contributed by atoms with Crippen LogP contribution in [0.15, 0.2) is 21.8 Å². The van der Waals surface area contributed by atoms with Crippen LogP contribution in [0.4, 0.5) is 0 Å². The van der Waals surface area contributed by atoms with Gasteiger partial charge in [0, 0.05) is 29.1 Å². The minimum Gasteiger partial charge on any atom is -0.360 e. The van der Waals surface area contributed by atoms with Gasteiger partial charge in [0.15, 0.2) is 16.8 Å². The molecule has 0 atom stereocenters. The van der Waals surface area contributed by atoms with Gasteiger partial charge < -0.3 is 9.09 Å². The Kier molecular flexibility index (Phi) is 5.63. The molecule has 0 aromatic carbocycles. The van der Waals surface area contributed by atoms with Gasteiger partial charge in [-0.1, -0.05) is 36.2 Å². The van der Waals surface area contributed by atoms with Gasteiger partial charge in [0.2, 0.25) is 0 Å². The van der Waals surface area contributed by atoms with Crippen LogP contribution in [0.2, 0.25) is 0 Å². The number of hydrogen-bond donors (Lipinski definition) is 0. The molecule has 0 radical (unpaired) electrons. The van der Waals surface area contributed by atoms with E-state index in [-0.39, 0.29) is 5.78 Å². The van der Waals surface area contributed by atoms with Gasteiger partial charge in [-0.25, -0.2) is 0 Å². The van der Waals surface area contributed by atoms with Gasteiger partial charge in [0.05, 0.1) is 5.75 Å². The standard InChI is InChI=1S/C21H27N5O2S/c1-13-10-18(15(3)25(13)20-11-14(2)28-24-20)19(27)12-29-21-23-22-16(4)26(21)17-8-6-5-7-9-17/h10-11,17H,5-9,12H2,1-4H3. The number of thioether (sulfide) groups is 1. The lowest BCUT2D eigenvalue weighted by Gasteiger charge is -2.24. The van der Waals surface area contributed by atoms with Crippen molar-refractivity contribution in [2.24, 2.45) is 0 Å². The third-order valence-electron chi connectivity index (χ3n) is 5.68. The molecule has 8 heteroatoms. The summed E-state index contributed by atoms with van der Waals surface area (Å²) in [5, 5.41) is 13.6. The zero-order valence-electron chi connectivity index (χ0n) is 17.4. The number of Topliss-reactive ketones (excluding diaryl/α,β-unsaturated/α-hetero) is 1. The van der Waals surface area contributed by atoms with Crippen molar-refractivity contribution in [3.05, 3.63) is 40.7 Å². The van der Waals surface area contributed by atoms with Gasteiger partial charge in [-0.05, 0) is 46.6 Å². The SMILES string of the molecule is Cc1cc(-n2c(C)cc(C(=O)CSc3nnc(C)n3C3CCCCC3)c2C)no1. The average molecular weight is 414 g/mol. The molecule has 0 amide bonds. The van der Waals surface area contributed by atoms with Crippen LogP contribution in [0.25, 0.3) is 5.82 Å². The van der Waals surface area contributed by atoms with E-state index in [1.54, 1.807) is 0 Å². The second-order valence-electron chi connectivity index (χ2n) is 7.82.